The van der Waals surface area contributed by atoms with Gasteiger partial charge in [-0.2, -0.15) is 28.4 Å². The summed E-state index contributed by atoms with van der Waals surface area (Å²) in [7, 11) is 1.38. The zero-order valence-electron chi connectivity index (χ0n) is 14.6. The Labute approximate surface area is 152 Å². The lowest BCUT2D eigenvalue weighted by molar-refractivity contribution is -0.137. The summed E-state index contributed by atoms with van der Waals surface area (Å²) in [6.07, 6.45) is 1.68. The summed E-state index contributed by atoms with van der Waals surface area (Å²) >= 11 is 0. The molecule has 3 aromatic heterocycles. The van der Waals surface area contributed by atoms with Gasteiger partial charge >= 0.3 is 6.18 Å². The summed E-state index contributed by atoms with van der Waals surface area (Å²) in [5, 5.41) is 17.0. The summed E-state index contributed by atoms with van der Waals surface area (Å²) in [5.74, 6) is -0.230. The quantitative estimate of drug-likeness (QED) is 0.646. The first-order valence-corrected chi connectivity index (χ1v) is 8.33. The van der Waals surface area contributed by atoms with Gasteiger partial charge in [0.25, 0.3) is 0 Å². The van der Waals surface area contributed by atoms with Crippen molar-refractivity contribution in [2.45, 2.75) is 32.0 Å². The number of fused-ring (bicyclic) bond motifs is 1. The average Bonchev–Trinajstić information content (AvgIpc) is 3.30. The number of aromatic amines is 1. The molecule has 0 aromatic carbocycles. The second-order valence-corrected chi connectivity index (χ2v) is 6.30. The molecule has 4 rings (SSSR count). The minimum atomic E-state index is -4.53. The molecule has 0 bridgehead atoms. The van der Waals surface area contributed by atoms with Crippen molar-refractivity contribution >= 4 is 17.5 Å². The fourth-order valence-electron chi connectivity index (χ4n) is 3.23. The molecule has 0 fully saturated rings. The topological polar surface area (TPSA) is 96.3 Å². The molecule has 3 N–H and O–H groups in total. The van der Waals surface area contributed by atoms with Crippen molar-refractivity contribution in [1.29, 1.82) is 0 Å². The van der Waals surface area contributed by atoms with Gasteiger partial charge in [-0.25, -0.2) is 4.98 Å². The van der Waals surface area contributed by atoms with Gasteiger partial charge < -0.3 is 10.6 Å². The Bertz CT molecular complexity index is 974. The van der Waals surface area contributed by atoms with E-state index < -0.39 is 11.7 Å². The molecular formula is C16H17F3N8. The molecule has 1 unspecified atom stereocenters. The molecule has 1 atom stereocenters. The molecule has 0 radical (unpaired) electrons. The summed E-state index contributed by atoms with van der Waals surface area (Å²) in [6, 6.07) is 0.0538. The first-order valence-electron chi connectivity index (χ1n) is 8.33. The van der Waals surface area contributed by atoms with Crippen LogP contribution in [0, 0.1) is 6.92 Å². The Balaban J connectivity index is 1.60. The molecule has 11 heteroatoms. The Kier molecular flexibility index (Phi) is 4.01. The Morgan fingerprint density at radius 1 is 1.30 bits per heavy atom. The number of anilines is 3. The van der Waals surface area contributed by atoms with Crippen LogP contribution in [-0.2, 0) is 12.6 Å². The predicted molar refractivity (Wildman–Crippen MR) is 91.9 cm³/mol. The Morgan fingerprint density at radius 3 is 2.85 bits per heavy atom. The minimum Gasteiger partial charge on any atom is -0.372 e. The van der Waals surface area contributed by atoms with E-state index in [9.17, 15) is 13.2 Å². The van der Waals surface area contributed by atoms with E-state index in [2.05, 4.69) is 35.9 Å². The zero-order valence-corrected chi connectivity index (χ0v) is 14.6. The number of alkyl halides is 3. The lowest BCUT2D eigenvalue weighted by Gasteiger charge is -2.12. The largest absolute Gasteiger partial charge is 0.421 e. The SMILES string of the molecule is CNc1nc(Nc2cn(C3CCc4cn[nH]c43)nc2C)ncc1C(F)(F)F. The number of hydrogen-bond donors (Lipinski definition) is 3. The standard InChI is InChI=1S/C16H17F3N8/c1-8-11(7-27(26-8)12-4-3-9-5-22-25-13(9)12)23-15-21-6-10(16(17,18)19)14(20-2)24-15/h5-7,12H,3-4H2,1-2H3,(H,22,25)(H2,20,21,23,24). The van der Waals surface area contributed by atoms with E-state index >= 15 is 0 Å². The molecule has 0 aliphatic heterocycles. The van der Waals surface area contributed by atoms with Crippen LogP contribution in [0.5, 0.6) is 0 Å². The molecule has 142 valence electrons. The molecular weight excluding hydrogens is 361 g/mol. The van der Waals surface area contributed by atoms with E-state index in [1.807, 2.05) is 17.8 Å². The molecule has 1 aliphatic rings. The molecule has 1 aliphatic carbocycles. The van der Waals surface area contributed by atoms with Gasteiger partial charge in [0.2, 0.25) is 5.95 Å². The highest BCUT2D eigenvalue weighted by Crippen LogP contribution is 2.35. The van der Waals surface area contributed by atoms with Gasteiger partial charge in [-0.3, -0.25) is 9.78 Å². The molecule has 3 aromatic rings. The van der Waals surface area contributed by atoms with Crippen LogP contribution in [0.3, 0.4) is 0 Å². The Morgan fingerprint density at radius 2 is 2.11 bits per heavy atom. The number of halogens is 3. The molecule has 0 saturated carbocycles. The van der Waals surface area contributed by atoms with Crippen molar-refractivity contribution in [2.75, 3.05) is 17.7 Å². The third kappa shape index (κ3) is 3.09. The fourth-order valence-corrected chi connectivity index (χ4v) is 3.23. The number of aryl methyl sites for hydroxylation is 2. The van der Waals surface area contributed by atoms with Crippen molar-refractivity contribution in [3.8, 4) is 0 Å². The van der Waals surface area contributed by atoms with E-state index in [0.29, 0.717) is 11.4 Å². The van der Waals surface area contributed by atoms with Crippen LogP contribution in [0.2, 0.25) is 0 Å². The third-order valence-corrected chi connectivity index (χ3v) is 4.59. The van der Waals surface area contributed by atoms with Crippen molar-refractivity contribution < 1.29 is 13.2 Å². The first kappa shape index (κ1) is 17.3. The van der Waals surface area contributed by atoms with Crippen LogP contribution in [0.1, 0.15) is 35.0 Å². The monoisotopic (exact) mass is 378 g/mol. The number of nitrogens with zero attached hydrogens (tertiary/aromatic N) is 5. The van der Waals surface area contributed by atoms with E-state index in [-0.39, 0.29) is 17.8 Å². The van der Waals surface area contributed by atoms with E-state index in [0.717, 1.165) is 24.7 Å². The highest BCUT2D eigenvalue weighted by atomic mass is 19.4. The van der Waals surface area contributed by atoms with Gasteiger partial charge in [-0.15, -0.1) is 0 Å². The van der Waals surface area contributed by atoms with Gasteiger partial charge in [0.1, 0.15) is 11.4 Å². The van der Waals surface area contributed by atoms with E-state index in [1.54, 1.807) is 6.20 Å². The second kappa shape index (κ2) is 6.25. The first-order chi connectivity index (χ1) is 12.9. The summed E-state index contributed by atoms with van der Waals surface area (Å²) in [6.45, 7) is 1.81. The Hall–Kier alpha value is -3.11. The molecule has 0 amide bonds. The van der Waals surface area contributed by atoms with Gasteiger partial charge in [0.15, 0.2) is 0 Å². The molecule has 0 saturated heterocycles. The number of hydrogen-bond acceptors (Lipinski definition) is 6. The summed E-state index contributed by atoms with van der Waals surface area (Å²) in [4.78, 5) is 7.71. The van der Waals surface area contributed by atoms with Gasteiger partial charge in [0.05, 0.1) is 29.3 Å². The summed E-state index contributed by atoms with van der Waals surface area (Å²) in [5.41, 5.74) is 2.61. The summed E-state index contributed by atoms with van der Waals surface area (Å²) < 4.78 is 40.7. The number of rotatable bonds is 4. The van der Waals surface area contributed by atoms with Crippen LogP contribution in [-0.4, -0.2) is 37.0 Å². The van der Waals surface area contributed by atoms with Crippen molar-refractivity contribution in [1.82, 2.24) is 29.9 Å². The molecule has 27 heavy (non-hydrogen) atoms. The number of aromatic nitrogens is 6. The smallest absolute Gasteiger partial charge is 0.372 e. The predicted octanol–water partition coefficient (Wildman–Crippen LogP) is 3.04. The third-order valence-electron chi connectivity index (χ3n) is 4.59. The van der Waals surface area contributed by atoms with Crippen molar-refractivity contribution in [3.63, 3.8) is 0 Å². The maximum absolute atomic E-state index is 13.0. The minimum absolute atomic E-state index is 0.0538. The lowest BCUT2D eigenvalue weighted by Crippen LogP contribution is -2.12. The van der Waals surface area contributed by atoms with Crippen LogP contribution >= 0.6 is 0 Å². The average molecular weight is 378 g/mol. The number of nitrogens with one attached hydrogen (secondary N) is 3. The van der Waals surface area contributed by atoms with Crippen LogP contribution in [0.4, 0.5) is 30.6 Å². The van der Waals surface area contributed by atoms with E-state index in [4.69, 9.17) is 0 Å². The highest BCUT2D eigenvalue weighted by Gasteiger charge is 2.35. The van der Waals surface area contributed by atoms with Crippen LogP contribution < -0.4 is 10.6 Å². The van der Waals surface area contributed by atoms with Gasteiger partial charge in [-0.1, -0.05) is 0 Å². The van der Waals surface area contributed by atoms with E-state index in [1.165, 1.54) is 12.6 Å². The molecule has 0 spiro atoms. The highest BCUT2D eigenvalue weighted by molar-refractivity contribution is 5.58. The normalized spacial score (nSPS) is 16.4. The zero-order chi connectivity index (χ0) is 19.2. The van der Waals surface area contributed by atoms with Crippen molar-refractivity contribution in [2.24, 2.45) is 0 Å². The maximum atomic E-state index is 13.0. The molecule has 8 nitrogen and oxygen atoms in total. The molecule has 3 heterocycles. The second-order valence-electron chi connectivity index (χ2n) is 6.30. The van der Waals surface area contributed by atoms with Gasteiger partial charge in [0, 0.05) is 19.4 Å². The number of H-pyrrole nitrogens is 1. The van der Waals surface area contributed by atoms with Gasteiger partial charge in [-0.05, 0) is 25.3 Å². The fraction of sp³-hybridized carbons (Fsp3) is 0.375. The maximum Gasteiger partial charge on any atom is 0.421 e. The van der Waals surface area contributed by atoms with Crippen LogP contribution in [0.15, 0.2) is 18.6 Å². The lowest BCUT2D eigenvalue weighted by atomic mass is 10.2. The van der Waals surface area contributed by atoms with Crippen LogP contribution in [0.25, 0.3) is 0 Å². The van der Waals surface area contributed by atoms with Crippen molar-refractivity contribution in [3.05, 3.63) is 41.1 Å².